The highest BCUT2D eigenvalue weighted by Gasteiger charge is 2.53. The molecule has 154 valence electrons. The van der Waals surface area contributed by atoms with Crippen molar-refractivity contribution in [3.8, 4) is 0 Å². The van der Waals surface area contributed by atoms with Crippen LogP contribution in [0.25, 0.3) is 10.9 Å². The van der Waals surface area contributed by atoms with Gasteiger partial charge in [-0.15, -0.1) is 6.58 Å². The molecule has 2 bridgehead atoms. The molecule has 3 atom stereocenters. The summed E-state index contributed by atoms with van der Waals surface area (Å²) >= 11 is 3.90. The molecular weight excluding hydrogens is 432 g/mol. The van der Waals surface area contributed by atoms with Gasteiger partial charge in [-0.05, 0) is 60.1 Å². The Morgan fingerprint density at radius 3 is 2.77 bits per heavy atom. The van der Waals surface area contributed by atoms with Gasteiger partial charge in [0.1, 0.15) is 0 Å². The first-order valence-electron chi connectivity index (χ1n) is 10.9. The minimum absolute atomic E-state index is 0.262. The van der Waals surface area contributed by atoms with Gasteiger partial charge in [0, 0.05) is 40.6 Å². The van der Waals surface area contributed by atoms with Crippen molar-refractivity contribution < 1.29 is 0 Å². The Morgan fingerprint density at radius 2 is 1.97 bits per heavy atom. The van der Waals surface area contributed by atoms with Crippen LogP contribution in [-0.4, -0.2) is 15.9 Å². The van der Waals surface area contributed by atoms with E-state index < -0.39 is 0 Å². The molecule has 1 saturated heterocycles. The molecule has 2 nitrogen and oxygen atoms in total. The summed E-state index contributed by atoms with van der Waals surface area (Å²) < 4.78 is 1.27. The fourth-order valence-corrected chi connectivity index (χ4v) is 6.67. The molecule has 0 amide bonds. The molecule has 0 radical (unpaired) electrons. The topological polar surface area (TPSA) is 16.1 Å². The van der Waals surface area contributed by atoms with Crippen LogP contribution < -0.4 is 0 Å². The van der Waals surface area contributed by atoms with Crippen LogP contribution >= 0.6 is 15.9 Å². The van der Waals surface area contributed by atoms with Crippen molar-refractivity contribution in [2.45, 2.75) is 58.2 Å². The maximum atomic E-state index is 4.58. The third-order valence-corrected chi connectivity index (χ3v) is 7.87. The fraction of sp³-hybridized carbons (Fsp3) is 0.370. The number of para-hydroxylation sites is 1. The number of piperidine rings is 1. The molecule has 0 unspecified atom stereocenters. The number of hydrogen-bond donors (Lipinski definition) is 0. The first kappa shape index (κ1) is 20.0. The maximum absolute atomic E-state index is 4.58. The SMILES string of the molecule is C=C(C)C[C@H]1[C@H]2c3c(Br)cccc3[C@H](CC2(C)C)N1Cc1ccnc2ccccc12. The monoisotopic (exact) mass is 460 g/mol. The Hall–Kier alpha value is -1.97. The molecule has 2 aliphatic heterocycles. The summed E-state index contributed by atoms with van der Waals surface area (Å²) in [6.45, 7) is 12.3. The van der Waals surface area contributed by atoms with Crippen LogP contribution in [0.3, 0.4) is 0 Å². The van der Waals surface area contributed by atoms with E-state index in [2.05, 4.69) is 102 Å². The lowest BCUT2D eigenvalue weighted by atomic mass is 9.57. The van der Waals surface area contributed by atoms with Crippen LogP contribution in [-0.2, 0) is 6.54 Å². The zero-order chi connectivity index (χ0) is 21.0. The van der Waals surface area contributed by atoms with Gasteiger partial charge in [-0.1, -0.05) is 65.7 Å². The number of hydrogen-bond acceptors (Lipinski definition) is 2. The molecule has 3 heteroatoms. The second-order valence-electron chi connectivity index (χ2n) is 9.82. The van der Waals surface area contributed by atoms with E-state index in [1.54, 1.807) is 0 Å². The Labute approximate surface area is 188 Å². The number of fused-ring (bicyclic) bond motifs is 3. The molecule has 2 aromatic carbocycles. The van der Waals surface area contributed by atoms with Crippen molar-refractivity contribution in [1.29, 1.82) is 0 Å². The molecule has 30 heavy (non-hydrogen) atoms. The summed E-state index contributed by atoms with van der Waals surface area (Å²) in [6.07, 6.45) is 4.19. The zero-order valence-corrected chi connectivity index (χ0v) is 19.6. The minimum atomic E-state index is 0.262. The summed E-state index contributed by atoms with van der Waals surface area (Å²) in [5.74, 6) is 0.484. The number of nitrogens with zero attached hydrogens (tertiary/aromatic N) is 2. The maximum Gasteiger partial charge on any atom is 0.0705 e. The summed E-state index contributed by atoms with van der Waals surface area (Å²) in [5, 5.41) is 1.27. The van der Waals surface area contributed by atoms with E-state index in [-0.39, 0.29) is 5.41 Å². The fourth-order valence-electron chi connectivity index (χ4n) is 6.04. The second-order valence-corrected chi connectivity index (χ2v) is 10.7. The third kappa shape index (κ3) is 3.14. The zero-order valence-electron chi connectivity index (χ0n) is 18.0. The number of halogens is 1. The van der Waals surface area contributed by atoms with Crippen LogP contribution in [0.5, 0.6) is 0 Å². The molecule has 1 fully saturated rings. The number of benzene rings is 2. The van der Waals surface area contributed by atoms with E-state index >= 15 is 0 Å². The highest BCUT2D eigenvalue weighted by molar-refractivity contribution is 9.10. The Balaban J connectivity index is 1.65. The third-order valence-electron chi connectivity index (χ3n) is 7.18. The first-order valence-corrected chi connectivity index (χ1v) is 11.7. The minimum Gasteiger partial charge on any atom is -0.288 e. The Morgan fingerprint density at radius 1 is 1.17 bits per heavy atom. The molecule has 0 spiro atoms. The van der Waals surface area contributed by atoms with Crippen molar-refractivity contribution in [1.82, 2.24) is 9.88 Å². The van der Waals surface area contributed by atoms with E-state index in [0.29, 0.717) is 18.0 Å². The molecule has 0 saturated carbocycles. The van der Waals surface area contributed by atoms with Gasteiger partial charge in [-0.2, -0.15) is 0 Å². The highest BCUT2D eigenvalue weighted by Crippen LogP contribution is 2.61. The van der Waals surface area contributed by atoms with Gasteiger partial charge in [0.05, 0.1) is 5.52 Å². The van der Waals surface area contributed by atoms with E-state index in [1.807, 2.05) is 6.20 Å². The van der Waals surface area contributed by atoms with Crippen molar-refractivity contribution in [2.24, 2.45) is 5.41 Å². The molecule has 6 rings (SSSR count). The normalized spacial score (nSPS) is 24.7. The molecule has 1 aliphatic carbocycles. The summed E-state index contributed by atoms with van der Waals surface area (Å²) in [7, 11) is 0. The standard InChI is InChI=1S/C27H29BrN2/c1-17(2)14-23-26-25-20(9-7-10-21(25)28)24(15-27(26,3)4)30(23)16-18-12-13-29-22-11-6-5-8-19(18)22/h5-13,23-24,26H,1,14-16H2,2-4H3/t23-,24-,26-/m0/s1. The summed E-state index contributed by atoms with van der Waals surface area (Å²) in [6, 6.07) is 18.4. The van der Waals surface area contributed by atoms with E-state index in [9.17, 15) is 0 Å². The largest absolute Gasteiger partial charge is 0.288 e. The molecule has 1 aromatic heterocycles. The van der Waals surface area contributed by atoms with Gasteiger partial charge in [-0.25, -0.2) is 0 Å². The number of aromatic nitrogens is 1. The molecule has 3 aromatic rings. The number of rotatable bonds is 4. The van der Waals surface area contributed by atoms with Crippen molar-refractivity contribution in [2.75, 3.05) is 0 Å². The van der Waals surface area contributed by atoms with Crippen LogP contribution in [0.15, 0.2) is 71.4 Å². The van der Waals surface area contributed by atoms with Gasteiger partial charge >= 0.3 is 0 Å². The predicted octanol–water partition coefficient (Wildman–Crippen LogP) is 7.40. The Kier molecular flexibility index (Phi) is 4.87. The quantitative estimate of drug-likeness (QED) is 0.376. The van der Waals surface area contributed by atoms with Crippen LogP contribution in [0.1, 0.15) is 62.3 Å². The lowest BCUT2D eigenvalue weighted by Crippen LogP contribution is -2.56. The van der Waals surface area contributed by atoms with Crippen LogP contribution in [0.4, 0.5) is 0 Å². The smallest absolute Gasteiger partial charge is 0.0705 e. The first-order chi connectivity index (χ1) is 14.4. The predicted molar refractivity (Wildman–Crippen MR) is 129 cm³/mol. The molecule has 3 heterocycles. The summed E-state index contributed by atoms with van der Waals surface area (Å²) in [4.78, 5) is 7.35. The van der Waals surface area contributed by atoms with Crippen LogP contribution in [0.2, 0.25) is 0 Å². The second kappa shape index (κ2) is 7.32. The van der Waals surface area contributed by atoms with Crippen molar-refractivity contribution in [3.63, 3.8) is 0 Å². The van der Waals surface area contributed by atoms with Gasteiger partial charge in [0.2, 0.25) is 0 Å². The number of pyridine rings is 1. The molecule has 3 aliphatic rings. The van der Waals surface area contributed by atoms with Gasteiger partial charge in [-0.3, -0.25) is 9.88 Å². The molecular formula is C27H29BrN2. The van der Waals surface area contributed by atoms with Gasteiger partial charge in [0.25, 0.3) is 0 Å². The lowest BCUT2D eigenvalue weighted by Gasteiger charge is -2.60. The van der Waals surface area contributed by atoms with Crippen LogP contribution in [0, 0.1) is 5.41 Å². The lowest BCUT2D eigenvalue weighted by molar-refractivity contribution is -0.0314. The molecule has 0 N–H and O–H groups in total. The van der Waals surface area contributed by atoms with E-state index in [4.69, 9.17) is 0 Å². The van der Waals surface area contributed by atoms with Gasteiger partial charge < -0.3 is 0 Å². The van der Waals surface area contributed by atoms with Crippen molar-refractivity contribution in [3.05, 3.63) is 88.0 Å². The summed E-state index contributed by atoms with van der Waals surface area (Å²) in [5.41, 5.74) is 7.01. The Bertz CT molecular complexity index is 1130. The van der Waals surface area contributed by atoms with Crippen molar-refractivity contribution >= 4 is 26.8 Å². The average Bonchev–Trinajstić information content (AvgIpc) is 2.70. The van der Waals surface area contributed by atoms with E-state index in [0.717, 1.165) is 18.5 Å². The highest BCUT2D eigenvalue weighted by atomic mass is 79.9. The van der Waals surface area contributed by atoms with Gasteiger partial charge in [0.15, 0.2) is 0 Å². The average molecular weight is 461 g/mol. The van der Waals surface area contributed by atoms with E-state index in [1.165, 1.54) is 38.5 Å².